The number of benzene rings is 1. The molecule has 0 aliphatic carbocycles. The first-order valence-electron chi connectivity index (χ1n) is 5.89. The zero-order chi connectivity index (χ0) is 12.3. The number of likely N-dealkylation sites (tertiary alicyclic amines) is 1. The summed E-state index contributed by atoms with van der Waals surface area (Å²) in [5, 5.41) is 0. The van der Waals surface area contributed by atoms with Gasteiger partial charge in [-0.2, -0.15) is 0 Å². The minimum Gasteiger partial charge on any atom is -0.497 e. The molecule has 1 aliphatic rings. The molecule has 1 aromatic carbocycles. The molecule has 0 aromatic heterocycles. The average Bonchev–Trinajstić information content (AvgIpc) is 2.38. The second-order valence-electron chi connectivity index (χ2n) is 4.38. The first-order valence-corrected chi connectivity index (χ1v) is 5.89. The Bertz CT molecular complexity index is 394. The Morgan fingerprint density at radius 3 is 2.61 bits per heavy atom. The van der Waals surface area contributed by atoms with E-state index in [1.54, 1.807) is 31.4 Å². The topological polar surface area (TPSA) is 55.6 Å². The molecule has 0 unspecified atom stereocenters. The van der Waals surface area contributed by atoms with Crippen LogP contribution in [0.4, 0.5) is 0 Å². The van der Waals surface area contributed by atoms with Gasteiger partial charge in [0.05, 0.1) is 7.11 Å². The van der Waals surface area contributed by atoms with Crippen molar-refractivity contribution in [2.75, 3.05) is 20.2 Å². The molecule has 1 aliphatic heterocycles. The minimum atomic E-state index is 0. The first-order chi connectivity index (χ1) is 8.20. The highest BCUT2D eigenvalue weighted by atomic mass is 35.5. The molecule has 1 amide bonds. The van der Waals surface area contributed by atoms with Gasteiger partial charge < -0.3 is 15.4 Å². The monoisotopic (exact) mass is 270 g/mol. The summed E-state index contributed by atoms with van der Waals surface area (Å²) < 4.78 is 5.07. The van der Waals surface area contributed by atoms with Crippen molar-refractivity contribution in [3.8, 4) is 5.75 Å². The van der Waals surface area contributed by atoms with Gasteiger partial charge in [-0.05, 0) is 37.1 Å². The molecule has 5 heteroatoms. The van der Waals surface area contributed by atoms with Crippen LogP contribution < -0.4 is 10.5 Å². The van der Waals surface area contributed by atoms with Crippen molar-refractivity contribution in [1.29, 1.82) is 0 Å². The maximum Gasteiger partial charge on any atom is 0.253 e. The highest BCUT2D eigenvalue weighted by Gasteiger charge is 2.22. The van der Waals surface area contributed by atoms with Crippen LogP contribution in [0.15, 0.2) is 24.3 Å². The molecule has 0 spiro atoms. The molecule has 1 fully saturated rings. The number of nitrogens with zero attached hydrogens (tertiary/aromatic N) is 1. The van der Waals surface area contributed by atoms with Crippen molar-refractivity contribution >= 4 is 18.3 Å². The third kappa shape index (κ3) is 3.37. The van der Waals surface area contributed by atoms with Gasteiger partial charge in [0.25, 0.3) is 5.91 Å². The Morgan fingerprint density at radius 2 is 2.06 bits per heavy atom. The lowest BCUT2D eigenvalue weighted by molar-refractivity contribution is 0.0709. The molecule has 2 N–H and O–H groups in total. The van der Waals surface area contributed by atoms with Crippen molar-refractivity contribution in [3.63, 3.8) is 0 Å². The number of hydrogen-bond acceptors (Lipinski definition) is 3. The summed E-state index contributed by atoms with van der Waals surface area (Å²) in [6.45, 7) is 1.46. The Morgan fingerprint density at radius 1 is 1.39 bits per heavy atom. The number of carbonyl (C=O) groups is 1. The maximum absolute atomic E-state index is 12.2. The van der Waals surface area contributed by atoms with Crippen LogP contribution in [-0.2, 0) is 0 Å². The molecule has 0 bridgehead atoms. The summed E-state index contributed by atoms with van der Waals surface area (Å²) in [4.78, 5) is 14.0. The van der Waals surface area contributed by atoms with Crippen molar-refractivity contribution in [2.45, 2.75) is 18.9 Å². The van der Waals surface area contributed by atoms with Crippen LogP contribution in [0.3, 0.4) is 0 Å². The zero-order valence-corrected chi connectivity index (χ0v) is 11.3. The highest BCUT2D eigenvalue weighted by molar-refractivity contribution is 5.94. The molecule has 100 valence electrons. The predicted molar refractivity (Wildman–Crippen MR) is 73.4 cm³/mol. The summed E-state index contributed by atoms with van der Waals surface area (Å²) >= 11 is 0. The van der Waals surface area contributed by atoms with Crippen molar-refractivity contribution < 1.29 is 9.53 Å². The van der Waals surface area contributed by atoms with Gasteiger partial charge in [-0.1, -0.05) is 0 Å². The van der Waals surface area contributed by atoms with Gasteiger partial charge in [0, 0.05) is 24.7 Å². The van der Waals surface area contributed by atoms with Gasteiger partial charge in [0.2, 0.25) is 0 Å². The molecule has 1 atom stereocenters. The number of ether oxygens (including phenoxy) is 1. The summed E-state index contributed by atoms with van der Waals surface area (Å²) in [5.41, 5.74) is 6.57. The lowest BCUT2D eigenvalue weighted by Crippen LogP contribution is -2.45. The van der Waals surface area contributed by atoms with E-state index in [0.29, 0.717) is 12.1 Å². The molecule has 1 aromatic rings. The Kier molecular flexibility index (Phi) is 5.44. The van der Waals surface area contributed by atoms with Crippen molar-refractivity contribution in [3.05, 3.63) is 29.8 Å². The Labute approximate surface area is 114 Å². The van der Waals surface area contributed by atoms with E-state index in [1.807, 2.05) is 4.90 Å². The third-order valence-corrected chi connectivity index (χ3v) is 3.08. The van der Waals surface area contributed by atoms with Gasteiger partial charge in [-0.15, -0.1) is 12.4 Å². The lowest BCUT2D eigenvalue weighted by atomic mass is 10.1. The highest BCUT2D eigenvalue weighted by Crippen LogP contribution is 2.15. The van der Waals surface area contributed by atoms with Crippen LogP contribution in [0.25, 0.3) is 0 Å². The van der Waals surface area contributed by atoms with E-state index in [4.69, 9.17) is 10.5 Å². The van der Waals surface area contributed by atoms with Crippen molar-refractivity contribution in [1.82, 2.24) is 4.90 Å². The fourth-order valence-electron chi connectivity index (χ4n) is 2.11. The lowest BCUT2D eigenvalue weighted by Gasteiger charge is -2.30. The van der Waals surface area contributed by atoms with Crippen LogP contribution in [-0.4, -0.2) is 37.0 Å². The second kappa shape index (κ2) is 6.61. The Hall–Kier alpha value is -1.26. The normalized spacial score (nSPS) is 19.0. The molecule has 0 saturated carbocycles. The van der Waals surface area contributed by atoms with E-state index in [9.17, 15) is 4.79 Å². The number of piperidine rings is 1. The van der Waals surface area contributed by atoms with E-state index >= 15 is 0 Å². The number of hydrogen-bond donors (Lipinski definition) is 1. The van der Waals surface area contributed by atoms with E-state index in [1.165, 1.54) is 0 Å². The minimum absolute atomic E-state index is 0. The summed E-state index contributed by atoms with van der Waals surface area (Å²) in [7, 11) is 1.61. The van der Waals surface area contributed by atoms with E-state index in [-0.39, 0.29) is 24.4 Å². The molecular weight excluding hydrogens is 252 g/mol. The van der Waals surface area contributed by atoms with E-state index in [2.05, 4.69) is 0 Å². The predicted octanol–water partition coefficient (Wildman–Crippen LogP) is 1.68. The molecule has 18 heavy (non-hydrogen) atoms. The van der Waals surface area contributed by atoms with Crippen LogP contribution in [0, 0.1) is 0 Å². The Balaban J connectivity index is 0.00000162. The summed E-state index contributed by atoms with van der Waals surface area (Å²) in [6, 6.07) is 7.31. The molecule has 1 heterocycles. The molecule has 2 rings (SSSR count). The van der Waals surface area contributed by atoms with E-state index in [0.717, 1.165) is 25.1 Å². The average molecular weight is 271 g/mol. The summed E-state index contributed by atoms with van der Waals surface area (Å²) in [5.74, 6) is 0.819. The van der Waals surface area contributed by atoms with Gasteiger partial charge in [0.15, 0.2) is 0 Å². The summed E-state index contributed by atoms with van der Waals surface area (Å²) in [6.07, 6.45) is 2.00. The van der Waals surface area contributed by atoms with Gasteiger partial charge in [-0.3, -0.25) is 4.79 Å². The zero-order valence-electron chi connectivity index (χ0n) is 10.5. The largest absolute Gasteiger partial charge is 0.497 e. The fraction of sp³-hybridized carbons (Fsp3) is 0.462. The molecule has 1 saturated heterocycles. The number of methoxy groups -OCH3 is 1. The number of rotatable bonds is 2. The number of halogens is 1. The van der Waals surface area contributed by atoms with Gasteiger partial charge in [-0.25, -0.2) is 0 Å². The van der Waals surface area contributed by atoms with Crippen LogP contribution >= 0.6 is 12.4 Å². The molecule has 4 nitrogen and oxygen atoms in total. The smallest absolute Gasteiger partial charge is 0.253 e. The van der Waals surface area contributed by atoms with Gasteiger partial charge >= 0.3 is 0 Å². The van der Waals surface area contributed by atoms with Gasteiger partial charge in [0.1, 0.15) is 5.75 Å². The molecular formula is C13H19ClN2O2. The first kappa shape index (κ1) is 14.8. The standard InChI is InChI=1S/C13H18N2O2.ClH/c1-17-12-6-4-10(5-7-12)13(16)15-8-2-3-11(14)9-15;/h4-7,11H,2-3,8-9,14H2,1H3;1H/t11-;/m1./s1. The quantitative estimate of drug-likeness (QED) is 0.890. The van der Waals surface area contributed by atoms with E-state index < -0.39 is 0 Å². The number of nitrogens with two attached hydrogens (primary N) is 1. The third-order valence-electron chi connectivity index (χ3n) is 3.08. The second-order valence-corrected chi connectivity index (χ2v) is 4.38. The van der Waals surface area contributed by atoms with Crippen LogP contribution in [0.2, 0.25) is 0 Å². The SMILES string of the molecule is COc1ccc(C(=O)N2CCC[C@@H](N)C2)cc1.Cl. The van der Waals surface area contributed by atoms with Crippen molar-refractivity contribution in [2.24, 2.45) is 5.73 Å². The number of carbonyl (C=O) groups excluding carboxylic acids is 1. The number of amides is 1. The van der Waals surface area contributed by atoms with Crippen LogP contribution in [0.5, 0.6) is 5.75 Å². The fourth-order valence-corrected chi connectivity index (χ4v) is 2.11. The van der Waals surface area contributed by atoms with Crippen LogP contribution in [0.1, 0.15) is 23.2 Å². The maximum atomic E-state index is 12.2. The molecule has 0 radical (unpaired) electrons.